The number of esters is 1. The third kappa shape index (κ3) is 4.42. The summed E-state index contributed by atoms with van der Waals surface area (Å²) in [5, 5.41) is 2.69. The van der Waals surface area contributed by atoms with Gasteiger partial charge in [-0.25, -0.2) is 9.78 Å². The van der Waals surface area contributed by atoms with Crippen molar-refractivity contribution in [3.8, 4) is 0 Å². The van der Waals surface area contributed by atoms with Crippen molar-refractivity contribution >= 4 is 17.6 Å². The van der Waals surface area contributed by atoms with Gasteiger partial charge in [0.05, 0.1) is 0 Å². The SMILES string of the molecule is Cc1cc(C)cc(NC(=O)COC(=O)c2ccccn2)c1. The molecule has 0 bridgehead atoms. The number of hydrogen-bond acceptors (Lipinski definition) is 4. The van der Waals surface area contributed by atoms with Gasteiger partial charge in [0.15, 0.2) is 6.61 Å². The van der Waals surface area contributed by atoms with E-state index in [1.54, 1.807) is 12.1 Å². The Bertz CT molecular complexity index is 634. The molecule has 2 rings (SSSR count). The van der Waals surface area contributed by atoms with Gasteiger partial charge in [-0.2, -0.15) is 0 Å². The van der Waals surface area contributed by atoms with Crippen LogP contribution in [0.4, 0.5) is 5.69 Å². The lowest BCUT2D eigenvalue weighted by molar-refractivity contribution is -0.119. The van der Waals surface area contributed by atoms with E-state index in [-0.39, 0.29) is 18.2 Å². The van der Waals surface area contributed by atoms with Gasteiger partial charge >= 0.3 is 5.97 Å². The third-order valence-corrected chi connectivity index (χ3v) is 2.71. The lowest BCUT2D eigenvalue weighted by Gasteiger charge is -2.08. The zero-order valence-corrected chi connectivity index (χ0v) is 11.9. The van der Waals surface area contributed by atoms with Gasteiger partial charge in [0.2, 0.25) is 0 Å². The Morgan fingerprint density at radius 2 is 1.86 bits per heavy atom. The Hall–Kier alpha value is -2.69. The van der Waals surface area contributed by atoms with Crippen LogP contribution in [0.15, 0.2) is 42.6 Å². The number of rotatable bonds is 4. The van der Waals surface area contributed by atoms with Crippen LogP contribution >= 0.6 is 0 Å². The fourth-order valence-corrected chi connectivity index (χ4v) is 1.93. The molecule has 1 aromatic heterocycles. The molecule has 0 atom stereocenters. The fraction of sp³-hybridized carbons (Fsp3) is 0.188. The molecule has 0 aliphatic heterocycles. The molecule has 1 aromatic carbocycles. The molecule has 108 valence electrons. The number of hydrogen-bond donors (Lipinski definition) is 1. The summed E-state index contributed by atoms with van der Waals surface area (Å²) in [4.78, 5) is 27.3. The fourth-order valence-electron chi connectivity index (χ4n) is 1.93. The van der Waals surface area contributed by atoms with E-state index in [9.17, 15) is 9.59 Å². The second-order valence-electron chi connectivity index (χ2n) is 4.72. The van der Waals surface area contributed by atoms with Crippen molar-refractivity contribution in [1.29, 1.82) is 0 Å². The van der Waals surface area contributed by atoms with Crippen molar-refractivity contribution in [1.82, 2.24) is 4.98 Å². The highest BCUT2D eigenvalue weighted by molar-refractivity contribution is 5.94. The predicted octanol–water partition coefficient (Wildman–Crippen LogP) is 2.49. The van der Waals surface area contributed by atoms with Crippen LogP contribution in [0.3, 0.4) is 0 Å². The summed E-state index contributed by atoms with van der Waals surface area (Å²) in [7, 11) is 0. The van der Waals surface area contributed by atoms with Crippen molar-refractivity contribution in [3.05, 3.63) is 59.4 Å². The molecule has 1 N–H and O–H groups in total. The Morgan fingerprint density at radius 3 is 2.48 bits per heavy atom. The van der Waals surface area contributed by atoms with Gasteiger partial charge in [0, 0.05) is 11.9 Å². The molecule has 1 heterocycles. The largest absolute Gasteiger partial charge is 0.451 e. The number of nitrogens with one attached hydrogen (secondary N) is 1. The Kier molecular flexibility index (Phi) is 4.66. The molecule has 5 nitrogen and oxygen atoms in total. The molecule has 0 unspecified atom stereocenters. The van der Waals surface area contributed by atoms with Crippen molar-refractivity contribution in [2.24, 2.45) is 0 Å². The number of benzene rings is 1. The summed E-state index contributed by atoms with van der Waals surface area (Å²) in [6.45, 7) is 3.55. The van der Waals surface area contributed by atoms with E-state index in [2.05, 4.69) is 10.3 Å². The number of anilines is 1. The molecule has 1 amide bonds. The van der Waals surface area contributed by atoms with E-state index in [4.69, 9.17) is 4.74 Å². The first-order chi connectivity index (χ1) is 10.0. The number of aromatic nitrogens is 1. The van der Waals surface area contributed by atoms with Gasteiger partial charge in [-0.3, -0.25) is 4.79 Å². The molecule has 0 spiro atoms. The molecule has 0 radical (unpaired) electrons. The molecular formula is C16H16N2O3. The molecule has 5 heteroatoms. The summed E-state index contributed by atoms with van der Waals surface area (Å²) in [6, 6.07) is 10.6. The number of nitrogens with zero attached hydrogens (tertiary/aromatic N) is 1. The van der Waals surface area contributed by atoms with Gasteiger partial charge in [0.25, 0.3) is 5.91 Å². The minimum absolute atomic E-state index is 0.178. The van der Waals surface area contributed by atoms with Gasteiger partial charge in [0.1, 0.15) is 5.69 Å². The number of carbonyl (C=O) groups is 2. The van der Waals surface area contributed by atoms with Crippen molar-refractivity contribution in [3.63, 3.8) is 0 Å². The number of aryl methyl sites for hydroxylation is 2. The van der Waals surface area contributed by atoms with Crippen molar-refractivity contribution in [2.75, 3.05) is 11.9 Å². The van der Waals surface area contributed by atoms with E-state index >= 15 is 0 Å². The molecule has 0 saturated carbocycles. The molecule has 0 aliphatic carbocycles. The number of ether oxygens (including phenoxy) is 1. The van der Waals surface area contributed by atoms with Crippen molar-refractivity contribution < 1.29 is 14.3 Å². The maximum absolute atomic E-state index is 11.8. The van der Waals surface area contributed by atoms with Gasteiger partial charge in [-0.05, 0) is 49.2 Å². The molecular weight excluding hydrogens is 268 g/mol. The van der Waals surface area contributed by atoms with Gasteiger partial charge in [-0.15, -0.1) is 0 Å². The van der Waals surface area contributed by atoms with E-state index in [1.807, 2.05) is 32.0 Å². The van der Waals surface area contributed by atoms with Crippen LogP contribution in [0.5, 0.6) is 0 Å². The Balaban J connectivity index is 1.89. The standard InChI is InChI=1S/C16H16N2O3/c1-11-7-12(2)9-13(8-11)18-15(19)10-21-16(20)14-5-3-4-6-17-14/h3-9H,10H2,1-2H3,(H,18,19). The normalized spacial score (nSPS) is 10.0. The van der Waals surface area contributed by atoms with E-state index in [0.29, 0.717) is 5.69 Å². The second-order valence-corrected chi connectivity index (χ2v) is 4.72. The van der Waals surface area contributed by atoms with E-state index in [0.717, 1.165) is 11.1 Å². The van der Waals surface area contributed by atoms with Gasteiger partial charge in [-0.1, -0.05) is 12.1 Å². The van der Waals surface area contributed by atoms with Crippen LogP contribution in [0.1, 0.15) is 21.6 Å². The van der Waals surface area contributed by atoms with Crippen LogP contribution in [-0.4, -0.2) is 23.5 Å². The van der Waals surface area contributed by atoms with E-state index in [1.165, 1.54) is 12.3 Å². The summed E-state index contributed by atoms with van der Waals surface area (Å²) < 4.78 is 4.91. The molecule has 0 saturated heterocycles. The summed E-state index contributed by atoms with van der Waals surface area (Å²) in [5.41, 5.74) is 2.97. The number of carbonyl (C=O) groups excluding carboxylic acids is 2. The quantitative estimate of drug-likeness (QED) is 0.876. The molecule has 0 aliphatic rings. The molecule has 0 fully saturated rings. The lowest BCUT2D eigenvalue weighted by atomic mass is 10.1. The van der Waals surface area contributed by atoms with Crippen LogP contribution in [0.25, 0.3) is 0 Å². The Morgan fingerprint density at radius 1 is 1.14 bits per heavy atom. The third-order valence-electron chi connectivity index (χ3n) is 2.71. The van der Waals surface area contributed by atoms with Crippen LogP contribution in [-0.2, 0) is 9.53 Å². The average molecular weight is 284 g/mol. The van der Waals surface area contributed by atoms with Crippen LogP contribution < -0.4 is 5.32 Å². The highest BCUT2D eigenvalue weighted by atomic mass is 16.5. The summed E-state index contributed by atoms with van der Waals surface area (Å²) in [6.07, 6.45) is 1.49. The monoisotopic (exact) mass is 284 g/mol. The van der Waals surface area contributed by atoms with Gasteiger partial charge < -0.3 is 10.1 Å². The highest BCUT2D eigenvalue weighted by Crippen LogP contribution is 2.13. The van der Waals surface area contributed by atoms with Crippen LogP contribution in [0.2, 0.25) is 0 Å². The maximum atomic E-state index is 11.8. The summed E-state index contributed by atoms with van der Waals surface area (Å²) in [5.74, 6) is -1.00. The number of amides is 1. The average Bonchev–Trinajstić information content (AvgIpc) is 2.44. The van der Waals surface area contributed by atoms with Crippen molar-refractivity contribution in [2.45, 2.75) is 13.8 Å². The first-order valence-electron chi connectivity index (χ1n) is 6.51. The zero-order valence-electron chi connectivity index (χ0n) is 11.9. The second kappa shape index (κ2) is 6.65. The molecule has 21 heavy (non-hydrogen) atoms. The summed E-state index contributed by atoms with van der Waals surface area (Å²) >= 11 is 0. The maximum Gasteiger partial charge on any atom is 0.357 e. The smallest absolute Gasteiger partial charge is 0.357 e. The van der Waals surface area contributed by atoms with E-state index < -0.39 is 5.97 Å². The minimum atomic E-state index is -0.619. The topological polar surface area (TPSA) is 68.3 Å². The molecule has 2 aromatic rings. The Labute approximate surface area is 123 Å². The van der Waals surface area contributed by atoms with Crippen LogP contribution in [0, 0.1) is 13.8 Å². The zero-order chi connectivity index (χ0) is 15.2. The minimum Gasteiger partial charge on any atom is -0.451 e. The first-order valence-corrected chi connectivity index (χ1v) is 6.51. The number of pyridine rings is 1. The predicted molar refractivity (Wildman–Crippen MR) is 79.1 cm³/mol. The first kappa shape index (κ1) is 14.7. The highest BCUT2D eigenvalue weighted by Gasteiger charge is 2.11. The lowest BCUT2D eigenvalue weighted by Crippen LogP contribution is -2.21.